The number of carbonyl (C=O) groups is 1. The van der Waals surface area contributed by atoms with E-state index in [1.165, 1.54) is 0 Å². The van der Waals surface area contributed by atoms with Crippen molar-refractivity contribution < 1.29 is 14.3 Å². The third-order valence-corrected chi connectivity index (χ3v) is 3.69. The molecule has 0 aliphatic carbocycles. The van der Waals surface area contributed by atoms with E-state index in [9.17, 15) is 4.79 Å². The van der Waals surface area contributed by atoms with Gasteiger partial charge in [0.25, 0.3) is 0 Å². The Labute approximate surface area is 135 Å². The van der Waals surface area contributed by atoms with Gasteiger partial charge in [-0.3, -0.25) is 4.79 Å². The predicted octanol–water partition coefficient (Wildman–Crippen LogP) is 2.21. The summed E-state index contributed by atoms with van der Waals surface area (Å²) in [6.07, 6.45) is 5.40. The van der Waals surface area contributed by atoms with E-state index in [0.717, 1.165) is 11.3 Å². The van der Waals surface area contributed by atoms with Crippen LogP contribution in [0.5, 0.6) is 5.75 Å². The van der Waals surface area contributed by atoms with Gasteiger partial charge in [-0.25, -0.2) is 0 Å². The number of hydrogen-bond donors (Lipinski definition) is 0. The van der Waals surface area contributed by atoms with Crippen molar-refractivity contribution in [1.29, 1.82) is 0 Å². The van der Waals surface area contributed by atoms with Crippen LogP contribution in [-0.2, 0) is 9.53 Å². The van der Waals surface area contributed by atoms with Gasteiger partial charge in [0.15, 0.2) is 0 Å². The van der Waals surface area contributed by atoms with Crippen LogP contribution in [0, 0.1) is 5.92 Å². The van der Waals surface area contributed by atoms with Crippen LogP contribution < -0.4 is 4.74 Å². The number of nitrogens with zero attached hydrogens (tertiary/aromatic N) is 3. The van der Waals surface area contributed by atoms with E-state index in [0.29, 0.717) is 18.9 Å². The van der Waals surface area contributed by atoms with Gasteiger partial charge in [-0.2, -0.15) is 15.3 Å². The van der Waals surface area contributed by atoms with Gasteiger partial charge < -0.3 is 9.47 Å². The predicted molar refractivity (Wildman–Crippen MR) is 87.5 cm³/mol. The number of benzene rings is 1. The number of allylic oxidation sites excluding steroid dienone is 1. The molecule has 0 saturated carbocycles. The lowest BCUT2D eigenvalue weighted by Gasteiger charge is -2.22. The normalized spacial score (nSPS) is 21.8. The van der Waals surface area contributed by atoms with Crippen LogP contribution in [0.3, 0.4) is 0 Å². The molecule has 2 atom stereocenters. The van der Waals surface area contributed by atoms with Gasteiger partial charge >= 0.3 is 5.97 Å². The second-order valence-electron chi connectivity index (χ2n) is 5.13. The molecule has 2 aliphatic heterocycles. The molecular weight excluding hydrogens is 294 g/mol. The average Bonchev–Trinajstić information content (AvgIpc) is 2.95. The van der Waals surface area contributed by atoms with Crippen LogP contribution in [0.1, 0.15) is 19.4 Å². The lowest BCUT2D eigenvalue weighted by atomic mass is 9.91. The van der Waals surface area contributed by atoms with Crippen LogP contribution >= 0.6 is 0 Å². The van der Waals surface area contributed by atoms with E-state index < -0.39 is 5.92 Å². The monoisotopic (exact) mass is 313 g/mol. The van der Waals surface area contributed by atoms with E-state index in [4.69, 9.17) is 9.47 Å². The summed E-state index contributed by atoms with van der Waals surface area (Å²) in [5, 5.41) is 10.3. The van der Waals surface area contributed by atoms with E-state index in [2.05, 4.69) is 10.2 Å². The standard InChI is InChI=1S/C17H19N3O3/c1-3-22-13-9-7-12(8-10-13)16-15(17(21)23-4-2)14-6-5-11-18-20(14)19-16/h5-11,14-15H,3-4H2,1-2H3. The first-order chi connectivity index (χ1) is 11.2. The van der Waals surface area contributed by atoms with E-state index in [1.807, 2.05) is 43.3 Å². The molecule has 2 heterocycles. The average molecular weight is 313 g/mol. The molecule has 0 radical (unpaired) electrons. The Morgan fingerprint density at radius 1 is 1.22 bits per heavy atom. The van der Waals surface area contributed by atoms with E-state index >= 15 is 0 Å². The first-order valence-electron chi connectivity index (χ1n) is 7.73. The quantitative estimate of drug-likeness (QED) is 0.782. The third kappa shape index (κ3) is 2.97. The Hall–Kier alpha value is -2.63. The Bertz CT molecular complexity index is 664. The number of hydrazone groups is 2. The maximum atomic E-state index is 12.4. The summed E-state index contributed by atoms with van der Waals surface area (Å²) in [6.45, 7) is 4.69. The van der Waals surface area contributed by atoms with E-state index in [-0.39, 0.29) is 12.0 Å². The van der Waals surface area contributed by atoms with Crippen LogP contribution in [-0.4, -0.2) is 42.3 Å². The van der Waals surface area contributed by atoms with Crippen molar-refractivity contribution in [3.63, 3.8) is 0 Å². The maximum absolute atomic E-state index is 12.4. The zero-order chi connectivity index (χ0) is 16.2. The zero-order valence-electron chi connectivity index (χ0n) is 13.2. The number of hydrogen-bond acceptors (Lipinski definition) is 6. The number of rotatable bonds is 5. The van der Waals surface area contributed by atoms with Crippen molar-refractivity contribution in [2.45, 2.75) is 19.9 Å². The lowest BCUT2D eigenvalue weighted by Crippen LogP contribution is -2.37. The summed E-state index contributed by atoms with van der Waals surface area (Å²) in [7, 11) is 0. The molecule has 1 aromatic carbocycles. The molecule has 120 valence electrons. The highest BCUT2D eigenvalue weighted by Gasteiger charge is 2.43. The Morgan fingerprint density at radius 3 is 2.70 bits per heavy atom. The van der Waals surface area contributed by atoms with Gasteiger partial charge in [-0.1, -0.05) is 6.08 Å². The largest absolute Gasteiger partial charge is 0.494 e. The van der Waals surface area contributed by atoms with Gasteiger partial charge in [-0.05, 0) is 49.8 Å². The van der Waals surface area contributed by atoms with Crippen molar-refractivity contribution in [2.24, 2.45) is 16.1 Å². The molecule has 23 heavy (non-hydrogen) atoms. The minimum Gasteiger partial charge on any atom is -0.494 e. The second kappa shape index (κ2) is 6.64. The molecule has 0 aromatic heterocycles. The number of fused-ring (bicyclic) bond motifs is 1. The molecule has 0 saturated heterocycles. The molecular formula is C17H19N3O3. The zero-order valence-corrected chi connectivity index (χ0v) is 13.2. The molecule has 0 bridgehead atoms. The van der Waals surface area contributed by atoms with Gasteiger partial charge in [0.2, 0.25) is 0 Å². The Balaban J connectivity index is 1.92. The number of ether oxygens (including phenoxy) is 2. The number of esters is 1. The molecule has 2 aliphatic rings. The summed E-state index contributed by atoms with van der Waals surface area (Å²) in [4.78, 5) is 12.4. The van der Waals surface area contributed by atoms with Crippen molar-refractivity contribution >= 4 is 17.9 Å². The van der Waals surface area contributed by atoms with Crippen molar-refractivity contribution in [2.75, 3.05) is 13.2 Å². The molecule has 0 N–H and O–H groups in total. The van der Waals surface area contributed by atoms with Gasteiger partial charge in [0.05, 0.1) is 18.9 Å². The highest BCUT2D eigenvalue weighted by Crippen LogP contribution is 2.30. The van der Waals surface area contributed by atoms with Gasteiger partial charge in [0.1, 0.15) is 17.7 Å². The van der Waals surface area contributed by atoms with Gasteiger partial charge in [0, 0.05) is 6.21 Å². The molecule has 1 aromatic rings. The van der Waals surface area contributed by atoms with E-state index in [1.54, 1.807) is 18.3 Å². The van der Waals surface area contributed by atoms with Crippen LogP contribution in [0.15, 0.2) is 46.6 Å². The second-order valence-corrected chi connectivity index (χ2v) is 5.13. The summed E-state index contributed by atoms with van der Waals surface area (Å²) in [6, 6.07) is 7.32. The molecule has 6 nitrogen and oxygen atoms in total. The molecule has 0 spiro atoms. The summed E-state index contributed by atoms with van der Waals surface area (Å²) < 4.78 is 10.7. The lowest BCUT2D eigenvalue weighted by molar-refractivity contribution is -0.146. The van der Waals surface area contributed by atoms with Crippen molar-refractivity contribution in [1.82, 2.24) is 5.12 Å². The van der Waals surface area contributed by atoms with Crippen molar-refractivity contribution in [3.8, 4) is 5.75 Å². The summed E-state index contributed by atoms with van der Waals surface area (Å²) in [5.74, 6) is 0.0224. The highest BCUT2D eigenvalue weighted by molar-refractivity contribution is 6.13. The molecule has 6 heteroatoms. The Kier molecular flexibility index (Phi) is 4.41. The topological polar surface area (TPSA) is 63.5 Å². The Morgan fingerprint density at radius 2 is 2.00 bits per heavy atom. The number of carbonyl (C=O) groups excluding carboxylic acids is 1. The highest BCUT2D eigenvalue weighted by atomic mass is 16.5. The maximum Gasteiger partial charge on any atom is 0.317 e. The fraction of sp³-hybridized carbons (Fsp3) is 0.353. The van der Waals surface area contributed by atoms with Crippen molar-refractivity contribution in [3.05, 3.63) is 42.0 Å². The molecule has 0 amide bonds. The minimum atomic E-state index is -0.485. The molecule has 0 fully saturated rings. The SMILES string of the molecule is CCOC(=O)C1C(c2ccc(OCC)cc2)=NN2N=CC=CC12. The first-order valence-corrected chi connectivity index (χ1v) is 7.73. The molecule has 3 rings (SSSR count). The molecule has 2 unspecified atom stereocenters. The summed E-state index contributed by atoms with van der Waals surface area (Å²) in [5.41, 5.74) is 1.53. The van der Waals surface area contributed by atoms with Gasteiger partial charge in [-0.15, -0.1) is 0 Å². The van der Waals surface area contributed by atoms with Crippen LogP contribution in [0.25, 0.3) is 0 Å². The fourth-order valence-corrected chi connectivity index (χ4v) is 2.70. The third-order valence-electron chi connectivity index (χ3n) is 3.69. The van der Waals surface area contributed by atoms with Crippen LogP contribution in [0.4, 0.5) is 0 Å². The van der Waals surface area contributed by atoms with Crippen LogP contribution in [0.2, 0.25) is 0 Å². The minimum absolute atomic E-state index is 0.236. The first kappa shape index (κ1) is 15.3. The smallest absolute Gasteiger partial charge is 0.317 e. The fourth-order valence-electron chi connectivity index (χ4n) is 2.70. The summed E-state index contributed by atoms with van der Waals surface area (Å²) >= 11 is 0.